The van der Waals surface area contributed by atoms with Gasteiger partial charge in [0.25, 0.3) is 0 Å². The van der Waals surface area contributed by atoms with Crippen LogP contribution < -0.4 is 5.43 Å². The lowest BCUT2D eigenvalue weighted by Gasteiger charge is -2.10. The minimum absolute atomic E-state index is 0.274. The molecule has 0 fully saturated rings. The highest BCUT2D eigenvalue weighted by Gasteiger charge is 2.01. The minimum Gasteiger partial charge on any atom is -0.354 e. The van der Waals surface area contributed by atoms with Crippen molar-refractivity contribution < 1.29 is 9.47 Å². The zero-order valence-electron chi connectivity index (χ0n) is 5.46. The molecule has 5 heteroatoms. The van der Waals surface area contributed by atoms with Crippen molar-refractivity contribution >= 4 is 0 Å². The van der Waals surface area contributed by atoms with E-state index in [2.05, 4.69) is 10.7 Å². The lowest BCUT2D eigenvalue weighted by Crippen LogP contribution is -2.26. The molecule has 0 spiro atoms. The molecular weight excluding hydrogens is 124 g/mol. The van der Waals surface area contributed by atoms with E-state index in [1.54, 1.807) is 0 Å². The molecule has 0 aliphatic heterocycles. The molecule has 0 bridgehead atoms. The summed E-state index contributed by atoms with van der Waals surface area (Å²) in [4.78, 5) is 9.47. The normalized spacial score (nSPS) is 9.67. The molecule has 0 radical (unpaired) electrons. The standard InChI is InChI=1S/C4H10N2O3/c1-8-4(9-2)3-5-6-7/h4H,3H2,1-2H3,(H,5,7). The summed E-state index contributed by atoms with van der Waals surface area (Å²) in [5, 5.41) is 2.41. The Bertz CT molecular complexity index is 74.2. The van der Waals surface area contributed by atoms with Crippen LogP contribution in [0.2, 0.25) is 0 Å². The van der Waals surface area contributed by atoms with E-state index in [9.17, 15) is 4.91 Å². The maximum Gasteiger partial charge on any atom is 0.175 e. The summed E-state index contributed by atoms with van der Waals surface area (Å²) in [5.41, 5.74) is 2.17. The monoisotopic (exact) mass is 134 g/mol. The number of hydrogen-bond donors (Lipinski definition) is 1. The summed E-state index contributed by atoms with van der Waals surface area (Å²) < 4.78 is 9.44. The van der Waals surface area contributed by atoms with Gasteiger partial charge in [0.15, 0.2) is 6.29 Å². The quantitative estimate of drug-likeness (QED) is 0.323. The van der Waals surface area contributed by atoms with Crippen molar-refractivity contribution in [3.63, 3.8) is 0 Å². The average molecular weight is 134 g/mol. The van der Waals surface area contributed by atoms with Crippen LogP contribution in [0, 0.1) is 4.91 Å². The van der Waals surface area contributed by atoms with Gasteiger partial charge in [-0.05, 0) is 0 Å². The van der Waals surface area contributed by atoms with Crippen LogP contribution in [0.4, 0.5) is 0 Å². The van der Waals surface area contributed by atoms with Gasteiger partial charge in [-0.3, -0.25) is 5.43 Å². The fourth-order valence-electron chi connectivity index (χ4n) is 0.375. The van der Waals surface area contributed by atoms with Crippen molar-refractivity contribution in [1.29, 1.82) is 0 Å². The Morgan fingerprint density at radius 1 is 1.56 bits per heavy atom. The largest absolute Gasteiger partial charge is 0.354 e. The predicted octanol–water partition coefficient (Wildman–Crippen LogP) is -0.124. The van der Waals surface area contributed by atoms with Crippen molar-refractivity contribution in [2.75, 3.05) is 20.8 Å². The Balaban J connectivity index is 3.19. The van der Waals surface area contributed by atoms with Gasteiger partial charge >= 0.3 is 0 Å². The number of nitrogens with zero attached hydrogens (tertiary/aromatic N) is 1. The van der Waals surface area contributed by atoms with Crippen LogP contribution in [0.3, 0.4) is 0 Å². The van der Waals surface area contributed by atoms with Crippen molar-refractivity contribution in [3.8, 4) is 0 Å². The Hall–Kier alpha value is -0.680. The molecule has 0 rings (SSSR count). The Morgan fingerprint density at radius 3 is 2.44 bits per heavy atom. The lowest BCUT2D eigenvalue weighted by molar-refractivity contribution is -0.0986. The first-order chi connectivity index (χ1) is 4.35. The van der Waals surface area contributed by atoms with Gasteiger partial charge in [-0.25, -0.2) is 0 Å². The summed E-state index contributed by atoms with van der Waals surface area (Å²) >= 11 is 0. The van der Waals surface area contributed by atoms with E-state index >= 15 is 0 Å². The number of nitroso groups, excluding NO2 is 1. The number of nitrogens with one attached hydrogen (secondary N) is 1. The molecule has 0 saturated heterocycles. The number of hydrogen-bond acceptors (Lipinski definition) is 4. The second-order valence-electron chi connectivity index (χ2n) is 1.35. The summed E-state index contributed by atoms with van der Waals surface area (Å²) in [6.45, 7) is 0.274. The maximum absolute atomic E-state index is 9.47. The highest BCUT2D eigenvalue weighted by Crippen LogP contribution is 1.86. The molecule has 0 atom stereocenters. The van der Waals surface area contributed by atoms with E-state index in [1.165, 1.54) is 14.2 Å². The predicted molar refractivity (Wildman–Crippen MR) is 31.6 cm³/mol. The molecule has 0 aromatic heterocycles. The maximum atomic E-state index is 9.47. The number of rotatable bonds is 5. The Kier molecular flexibility index (Phi) is 5.04. The van der Waals surface area contributed by atoms with Gasteiger partial charge in [-0.2, -0.15) is 0 Å². The van der Waals surface area contributed by atoms with Gasteiger partial charge in [-0.1, -0.05) is 0 Å². The first-order valence-corrected chi connectivity index (χ1v) is 2.46. The molecule has 1 N–H and O–H groups in total. The van der Waals surface area contributed by atoms with Crippen LogP contribution in [0.5, 0.6) is 0 Å². The molecule has 9 heavy (non-hydrogen) atoms. The second-order valence-corrected chi connectivity index (χ2v) is 1.35. The Labute approximate surface area is 53.3 Å². The molecule has 0 amide bonds. The van der Waals surface area contributed by atoms with Crippen LogP contribution in [0.15, 0.2) is 5.29 Å². The molecule has 0 aromatic carbocycles. The zero-order valence-corrected chi connectivity index (χ0v) is 5.46. The van der Waals surface area contributed by atoms with Gasteiger partial charge in [0.1, 0.15) is 0 Å². The van der Waals surface area contributed by atoms with E-state index in [-0.39, 0.29) is 6.54 Å². The molecule has 54 valence electrons. The molecule has 0 aliphatic rings. The van der Waals surface area contributed by atoms with Crippen LogP contribution in [-0.4, -0.2) is 27.1 Å². The molecule has 0 aliphatic carbocycles. The van der Waals surface area contributed by atoms with E-state index in [0.29, 0.717) is 0 Å². The number of methoxy groups -OCH3 is 2. The van der Waals surface area contributed by atoms with E-state index < -0.39 is 6.29 Å². The number of ether oxygens (including phenoxy) is 2. The van der Waals surface area contributed by atoms with Gasteiger partial charge in [0, 0.05) is 19.5 Å². The molecule has 5 nitrogen and oxygen atoms in total. The summed E-state index contributed by atoms with van der Waals surface area (Å²) in [5.74, 6) is 0. The van der Waals surface area contributed by atoms with Crippen LogP contribution in [0.1, 0.15) is 0 Å². The average Bonchev–Trinajstić information content (AvgIpc) is 1.91. The highest BCUT2D eigenvalue weighted by molar-refractivity contribution is 4.43. The Morgan fingerprint density at radius 2 is 2.11 bits per heavy atom. The summed E-state index contributed by atoms with van der Waals surface area (Å²) in [6, 6.07) is 0. The second kappa shape index (κ2) is 5.46. The van der Waals surface area contributed by atoms with Gasteiger partial charge in [0.05, 0.1) is 6.54 Å². The topological polar surface area (TPSA) is 59.9 Å². The van der Waals surface area contributed by atoms with Crippen LogP contribution in [0.25, 0.3) is 0 Å². The van der Waals surface area contributed by atoms with Gasteiger partial charge in [0.2, 0.25) is 0 Å². The van der Waals surface area contributed by atoms with Gasteiger partial charge in [-0.15, -0.1) is 4.91 Å². The van der Waals surface area contributed by atoms with Crippen molar-refractivity contribution in [3.05, 3.63) is 4.91 Å². The molecule has 0 saturated carbocycles. The third-order valence-electron chi connectivity index (χ3n) is 0.848. The summed E-state index contributed by atoms with van der Waals surface area (Å²) in [7, 11) is 2.97. The van der Waals surface area contributed by atoms with E-state index in [0.717, 1.165) is 0 Å². The molecule has 0 aromatic rings. The SMILES string of the molecule is COC(CNN=O)OC. The van der Waals surface area contributed by atoms with E-state index in [1.807, 2.05) is 0 Å². The van der Waals surface area contributed by atoms with Gasteiger partial charge < -0.3 is 9.47 Å². The first-order valence-electron chi connectivity index (χ1n) is 2.46. The molecular formula is C4H10N2O3. The third-order valence-corrected chi connectivity index (χ3v) is 0.848. The van der Waals surface area contributed by atoms with Crippen LogP contribution >= 0.6 is 0 Å². The fourth-order valence-corrected chi connectivity index (χ4v) is 0.375. The van der Waals surface area contributed by atoms with Crippen molar-refractivity contribution in [1.82, 2.24) is 5.43 Å². The molecule has 0 heterocycles. The van der Waals surface area contributed by atoms with Crippen LogP contribution in [-0.2, 0) is 9.47 Å². The van der Waals surface area contributed by atoms with Crippen molar-refractivity contribution in [2.24, 2.45) is 5.29 Å². The van der Waals surface area contributed by atoms with E-state index in [4.69, 9.17) is 9.47 Å². The minimum atomic E-state index is -0.400. The fraction of sp³-hybridized carbons (Fsp3) is 1.00. The summed E-state index contributed by atoms with van der Waals surface area (Å²) in [6.07, 6.45) is -0.400. The third kappa shape index (κ3) is 3.87. The first kappa shape index (κ1) is 8.32. The lowest BCUT2D eigenvalue weighted by atomic mass is 10.6. The smallest absolute Gasteiger partial charge is 0.175 e. The molecule has 0 unspecified atom stereocenters. The van der Waals surface area contributed by atoms with Crippen molar-refractivity contribution in [2.45, 2.75) is 6.29 Å². The zero-order chi connectivity index (χ0) is 7.11. The highest BCUT2D eigenvalue weighted by atomic mass is 16.7.